The molecule has 0 N–H and O–H groups in total. The van der Waals surface area contributed by atoms with Crippen LogP contribution in [0.15, 0.2) is 0 Å². The van der Waals surface area contributed by atoms with Gasteiger partial charge in [0.1, 0.15) is 0 Å². The van der Waals surface area contributed by atoms with Crippen molar-refractivity contribution < 1.29 is 13.9 Å². The SMILES string of the molecule is CCCC(OC)(OC)O[SiH2]CCCCCC(C)C. The second-order valence-corrected chi connectivity index (χ2v) is 6.69. The number of ether oxygens (including phenoxy) is 2. The fourth-order valence-corrected chi connectivity index (χ4v) is 3.41. The van der Waals surface area contributed by atoms with E-state index in [-0.39, 0.29) is 0 Å². The summed E-state index contributed by atoms with van der Waals surface area (Å²) in [6, 6.07) is 1.22. The van der Waals surface area contributed by atoms with Gasteiger partial charge >= 0.3 is 0 Å². The summed E-state index contributed by atoms with van der Waals surface area (Å²) < 4.78 is 16.6. The standard InChI is InChI=1S/C14H32O3Si/c1-6-11-14(15-4,16-5)17-18-12-9-7-8-10-13(2)3/h13H,6-12,18H2,1-5H3. The Kier molecular flexibility index (Phi) is 11.0. The lowest BCUT2D eigenvalue weighted by Gasteiger charge is -2.30. The van der Waals surface area contributed by atoms with Crippen molar-refractivity contribution in [3.05, 3.63) is 0 Å². The first-order chi connectivity index (χ1) is 8.60. The number of methoxy groups -OCH3 is 2. The predicted octanol–water partition coefficient (Wildman–Crippen LogP) is 3.47. The number of unbranched alkanes of at least 4 members (excludes halogenated alkanes) is 2. The Morgan fingerprint density at radius 3 is 2.22 bits per heavy atom. The van der Waals surface area contributed by atoms with E-state index < -0.39 is 15.7 Å². The fourth-order valence-electron chi connectivity index (χ4n) is 2.02. The first kappa shape index (κ1) is 18.1. The Labute approximate surface area is 116 Å². The molecule has 0 aliphatic heterocycles. The van der Waals surface area contributed by atoms with Gasteiger partial charge in [-0.2, -0.15) is 0 Å². The van der Waals surface area contributed by atoms with Gasteiger partial charge in [-0.25, -0.2) is 0 Å². The molecule has 0 aromatic rings. The van der Waals surface area contributed by atoms with E-state index >= 15 is 0 Å². The summed E-state index contributed by atoms with van der Waals surface area (Å²) in [7, 11) is 2.79. The van der Waals surface area contributed by atoms with E-state index in [1.807, 2.05) is 0 Å². The van der Waals surface area contributed by atoms with Crippen molar-refractivity contribution in [2.45, 2.75) is 71.3 Å². The van der Waals surface area contributed by atoms with Crippen LogP contribution in [0.4, 0.5) is 0 Å². The van der Waals surface area contributed by atoms with Crippen LogP contribution in [0.1, 0.15) is 59.3 Å². The quantitative estimate of drug-likeness (QED) is 0.310. The highest BCUT2D eigenvalue weighted by atomic mass is 28.2. The first-order valence-electron chi connectivity index (χ1n) is 7.34. The lowest BCUT2D eigenvalue weighted by molar-refractivity contribution is -0.326. The third kappa shape index (κ3) is 8.24. The van der Waals surface area contributed by atoms with E-state index in [1.165, 1.54) is 31.7 Å². The van der Waals surface area contributed by atoms with E-state index in [4.69, 9.17) is 13.9 Å². The van der Waals surface area contributed by atoms with Crippen LogP contribution in [0.25, 0.3) is 0 Å². The van der Waals surface area contributed by atoms with Gasteiger partial charge in [0, 0.05) is 20.6 Å². The molecule has 0 radical (unpaired) electrons. The molecular weight excluding hydrogens is 244 g/mol. The van der Waals surface area contributed by atoms with Crippen molar-refractivity contribution in [3.8, 4) is 0 Å². The van der Waals surface area contributed by atoms with Crippen LogP contribution in [-0.4, -0.2) is 30.0 Å². The summed E-state index contributed by atoms with van der Waals surface area (Å²) in [5.74, 6) is 0.0662. The molecule has 0 rings (SSSR count). The molecule has 0 aromatic carbocycles. The van der Waals surface area contributed by atoms with Gasteiger partial charge in [-0.15, -0.1) is 0 Å². The summed E-state index contributed by atoms with van der Waals surface area (Å²) in [4.78, 5) is 0. The van der Waals surface area contributed by atoms with Gasteiger partial charge in [-0.05, 0) is 18.4 Å². The topological polar surface area (TPSA) is 27.7 Å². The van der Waals surface area contributed by atoms with Gasteiger partial charge in [-0.1, -0.05) is 46.5 Å². The second-order valence-electron chi connectivity index (χ2n) is 5.29. The van der Waals surface area contributed by atoms with Crippen LogP contribution < -0.4 is 0 Å². The van der Waals surface area contributed by atoms with Gasteiger partial charge in [0.05, 0.1) is 0 Å². The zero-order chi connectivity index (χ0) is 13.9. The first-order valence-corrected chi connectivity index (χ1v) is 8.92. The summed E-state index contributed by atoms with van der Waals surface area (Å²) in [6.07, 6.45) is 7.12. The van der Waals surface area contributed by atoms with E-state index in [1.54, 1.807) is 14.2 Å². The number of hydrogen-bond acceptors (Lipinski definition) is 3. The molecular formula is C14H32O3Si. The fraction of sp³-hybridized carbons (Fsp3) is 1.00. The van der Waals surface area contributed by atoms with Crippen LogP contribution >= 0.6 is 0 Å². The molecule has 0 spiro atoms. The Balaban J connectivity index is 3.61. The minimum absolute atomic E-state index is 0.532. The van der Waals surface area contributed by atoms with Gasteiger partial charge in [0.15, 0.2) is 9.76 Å². The van der Waals surface area contributed by atoms with Crippen molar-refractivity contribution in [2.24, 2.45) is 5.92 Å². The number of rotatable bonds is 12. The zero-order valence-corrected chi connectivity index (χ0v) is 14.4. The summed E-state index contributed by atoms with van der Waals surface area (Å²) in [5.41, 5.74) is 0. The Bertz CT molecular complexity index is 182. The molecule has 0 fully saturated rings. The van der Waals surface area contributed by atoms with Crippen molar-refractivity contribution in [3.63, 3.8) is 0 Å². The second kappa shape index (κ2) is 11.0. The van der Waals surface area contributed by atoms with Crippen LogP contribution in [0, 0.1) is 5.92 Å². The molecule has 0 aliphatic rings. The zero-order valence-electron chi connectivity index (χ0n) is 13.0. The molecule has 0 aromatic heterocycles. The molecule has 3 nitrogen and oxygen atoms in total. The van der Waals surface area contributed by atoms with Gasteiger partial charge in [-0.3, -0.25) is 0 Å². The molecule has 110 valence electrons. The number of hydrogen-bond donors (Lipinski definition) is 0. The van der Waals surface area contributed by atoms with Gasteiger partial charge < -0.3 is 13.9 Å². The molecule has 0 aliphatic carbocycles. The van der Waals surface area contributed by atoms with Crippen LogP contribution in [-0.2, 0) is 13.9 Å². The normalized spacial score (nSPS) is 13.0. The van der Waals surface area contributed by atoms with Gasteiger partial charge in [0.25, 0.3) is 5.97 Å². The van der Waals surface area contributed by atoms with E-state index in [0.717, 1.165) is 18.8 Å². The van der Waals surface area contributed by atoms with Crippen LogP contribution in [0.2, 0.25) is 6.04 Å². The highest BCUT2D eigenvalue weighted by molar-refractivity contribution is 6.27. The summed E-state index contributed by atoms with van der Waals surface area (Å²) in [5, 5.41) is 0. The van der Waals surface area contributed by atoms with Crippen molar-refractivity contribution in [2.75, 3.05) is 14.2 Å². The van der Waals surface area contributed by atoms with Crippen molar-refractivity contribution >= 4 is 9.76 Å². The molecule has 18 heavy (non-hydrogen) atoms. The lowest BCUT2D eigenvalue weighted by atomic mass is 10.1. The Hall–Kier alpha value is 0.0969. The predicted molar refractivity (Wildman–Crippen MR) is 79.4 cm³/mol. The average molecular weight is 276 g/mol. The minimum atomic E-state index is -0.765. The molecule has 0 bridgehead atoms. The smallest absolute Gasteiger partial charge is 0.272 e. The van der Waals surface area contributed by atoms with E-state index in [2.05, 4.69) is 20.8 Å². The Morgan fingerprint density at radius 2 is 1.72 bits per heavy atom. The van der Waals surface area contributed by atoms with Crippen molar-refractivity contribution in [1.29, 1.82) is 0 Å². The van der Waals surface area contributed by atoms with Crippen molar-refractivity contribution in [1.82, 2.24) is 0 Å². The highest BCUT2D eigenvalue weighted by Gasteiger charge is 2.28. The lowest BCUT2D eigenvalue weighted by Crippen LogP contribution is -2.38. The molecule has 0 saturated carbocycles. The molecule has 0 atom stereocenters. The maximum Gasteiger partial charge on any atom is 0.272 e. The average Bonchev–Trinajstić information content (AvgIpc) is 2.36. The summed E-state index contributed by atoms with van der Waals surface area (Å²) >= 11 is 0. The molecule has 0 saturated heterocycles. The largest absolute Gasteiger partial charge is 0.376 e. The molecule has 0 unspecified atom stereocenters. The molecule has 4 heteroatoms. The third-order valence-corrected chi connectivity index (χ3v) is 4.61. The monoisotopic (exact) mass is 276 g/mol. The van der Waals surface area contributed by atoms with Crippen LogP contribution in [0.3, 0.4) is 0 Å². The van der Waals surface area contributed by atoms with Gasteiger partial charge in [0.2, 0.25) is 0 Å². The maximum atomic E-state index is 5.89. The van der Waals surface area contributed by atoms with E-state index in [9.17, 15) is 0 Å². The maximum absolute atomic E-state index is 5.89. The third-order valence-electron chi connectivity index (χ3n) is 3.18. The minimum Gasteiger partial charge on any atom is -0.376 e. The highest BCUT2D eigenvalue weighted by Crippen LogP contribution is 2.20. The Morgan fingerprint density at radius 1 is 1.06 bits per heavy atom. The molecule has 0 amide bonds. The summed E-state index contributed by atoms with van der Waals surface area (Å²) in [6.45, 7) is 6.69. The van der Waals surface area contributed by atoms with E-state index in [0.29, 0.717) is 0 Å². The van der Waals surface area contributed by atoms with Crippen LogP contribution in [0.5, 0.6) is 0 Å². The molecule has 0 heterocycles.